The topological polar surface area (TPSA) is 16.4 Å². The molecule has 0 N–H and O–H groups in total. The monoisotopic (exact) mass is 967 g/mol. The van der Waals surface area contributed by atoms with Crippen molar-refractivity contribution in [3.8, 4) is 44.5 Å². The molecule has 2 nitrogen and oxygen atoms in total. The fraction of sp³-hybridized carbons (Fsp3) is 0.0270. The minimum atomic E-state index is -0.537. The van der Waals surface area contributed by atoms with E-state index < -0.39 is 10.8 Å². The molecule has 0 atom stereocenters. The molecule has 0 spiro atoms. The Kier molecular flexibility index (Phi) is 10.0. The molecule has 0 bridgehead atoms. The lowest BCUT2D eigenvalue weighted by molar-refractivity contribution is 0.669. The number of para-hydroxylation sites is 1. The first-order chi connectivity index (χ1) is 37.7. The van der Waals surface area contributed by atoms with Crippen LogP contribution in [-0.4, -0.2) is 0 Å². The highest BCUT2D eigenvalue weighted by atomic mass is 16.3. The molecule has 2 aliphatic rings. The summed E-state index contributed by atoms with van der Waals surface area (Å²) in [4.78, 5) is 2.43. The number of rotatable bonds is 9. The Morgan fingerprint density at radius 1 is 0.237 bits per heavy atom. The van der Waals surface area contributed by atoms with Gasteiger partial charge in [-0.2, -0.15) is 0 Å². The van der Waals surface area contributed by atoms with Crippen LogP contribution in [0.4, 0.5) is 17.1 Å². The molecule has 0 amide bonds. The van der Waals surface area contributed by atoms with Crippen molar-refractivity contribution < 1.29 is 4.42 Å². The molecule has 0 radical (unpaired) electrons. The third-order valence-electron chi connectivity index (χ3n) is 16.5. The van der Waals surface area contributed by atoms with E-state index in [9.17, 15) is 0 Å². The van der Waals surface area contributed by atoms with E-state index >= 15 is 0 Å². The van der Waals surface area contributed by atoms with E-state index in [4.69, 9.17) is 4.42 Å². The molecule has 12 aromatic carbocycles. The van der Waals surface area contributed by atoms with Crippen molar-refractivity contribution >= 4 is 39.0 Å². The summed E-state index contributed by atoms with van der Waals surface area (Å²) < 4.78 is 6.22. The van der Waals surface area contributed by atoms with Crippen molar-refractivity contribution in [1.82, 2.24) is 0 Å². The van der Waals surface area contributed by atoms with Crippen molar-refractivity contribution in [2.45, 2.75) is 10.8 Å². The number of fused-ring (bicyclic) bond motifs is 9. The van der Waals surface area contributed by atoms with Crippen LogP contribution in [0.15, 0.2) is 302 Å². The van der Waals surface area contributed by atoms with Gasteiger partial charge in [-0.1, -0.05) is 237 Å². The van der Waals surface area contributed by atoms with Crippen molar-refractivity contribution in [3.05, 3.63) is 342 Å². The Bertz CT molecular complexity index is 4230. The van der Waals surface area contributed by atoms with Crippen LogP contribution in [-0.2, 0) is 10.8 Å². The quantitative estimate of drug-likeness (QED) is 0.143. The zero-order valence-corrected chi connectivity index (χ0v) is 41.6. The summed E-state index contributed by atoms with van der Waals surface area (Å²) in [5, 5.41) is 2.25. The van der Waals surface area contributed by atoms with Crippen molar-refractivity contribution in [2.24, 2.45) is 0 Å². The van der Waals surface area contributed by atoms with Gasteiger partial charge in [-0.05, 0) is 150 Å². The summed E-state index contributed by atoms with van der Waals surface area (Å²) in [6, 6.07) is 109. The minimum absolute atomic E-state index is 0.441. The van der Waals surface area contributed by atoms with Gasteiger partial charge in [0, 0.05) is 27.8 Å². The molecule has 0 unspecified atom stereocenters. The number of nitrogens with zero attached hydrogens (tertiary/aromatic N) is 1. The Labute approximate surface area is 443 Å². The van der Waals surface area contributed by atoms with E-state index in [0.717, 1.165) is 55.7 Å². The van der Waals surface area contributed by atoms with E-state index in [0.29, 0.717) is 0 Å². The van der Waals surface area contributed by atoms with E-state index in [1.165, 1.54) is 72.3 Å². The summed E-state index contributed by atoms with van der Waals surface area (Å²) in [6.07, 6.45) is 0. The highest BCUT2D eigenvalue weighted by Crippen LogP contribution is 2.59. The van der Waals surface area contributed by atoms with Crippen LogP contribution in [0.2, 0.25) is 0 Å². The predicted octanol–water partition coefficient (Wildman–Crippen LogP) is 19.1. The van der Waals surface area contributed by atoms with Crippen LogP contribution in [0.3, 0.4) is 0 Å². The number of furan rings is 1. The first kappa shape index (κ1) is 43.8. The molecule has 76 heavy (non-hydrogen) atoms. The third-order valence-corrected chi connectivity index (χ3v) is 16.5. The van der Waals surface area contributed by atoms with Crippen LogP contribution in [0.5, 0.6) is 0 Å². The molecule has 0 saturated carbocycles. The number of hydrogen-bond donors (Lipinski definition) is 0. The van der Waals surface area contributed by atoms with Gasteiger partial charge in [0.15, 0.2) is 0 Å². The number of benzene rings is 12. The summed E-state index contributed by atoms with van der Waals surface area (Å²) >= 11 is 0. The van der Waals surface area contributed by atoms with Gasteiger partial charge in [-0.3, -0.25) is 0 Å². The normalized spacial score (nSPS) is 13.5. The maximum atomic E-state index is 6.22. The fourth-order valence-electron chi connectivity index (χ4n) is 13.2. The largest absolute Gasteiger partial charge is 0.456 e. The highest BCUT2D eigenvalue weighted by Gasteiger charge is 2.47. The fourth-order valence-corrected chi connectivity index (χ4v) is 13.2. The molecule has 0 saturated heterocycles. The lowest BCUT2D eigenvalue weighted by atomic mass is 9.67. The smallest absolute Gasteiger partial charge is 0.135 e. The van der Waals surface area contributed by atoms with Gasteiger partial charge in [-0.15, -0.1) is 0 Å². The van der Waals surface area contributed by atoms with Crippen LogP contribution < -0.4 is 4.90 Å². The summed E-state index contributed by atoms with van der Waals surface area (Å²) in [5.41, 5.74) is 24.0. The molecular weight excluding hydrogens is 919 g/mol. The summed E-state index contributed by atoms with van der Waals surface area (Å²) in [5.74, 6) is 0. The zero-order chi connectivity index (χ0) is 50.2. The average molecular weight is 968 g/mol. The predicted molar refractivity (Wildman–Crippen MR) is 314 cm³/mol. The lowest BCUT2D eigenvalue weighted by Crippen LogP contribution is -2.28. The van der Waals surface area contributed by atoms with Crippen LogP contribution in [0, 0.1) is 0 Å². The molecule has 1 heterocycles. The lowest BCUT2D eigenvalue weighted by Gasteiger charge is -2.35. The van der Waals surface area contributed by atoms with Crippen LogP contribution >= 0.6 is 0 Å². The molecule has 356 valence electrons. The SMILES string of the molecule is c1ccc(C2(c3ccccc3)c3ccccc3-c3cc(-c4ccc(N(c5ccc(-c6ccc7oc8ccccc8c7c6)cc5)c5ccc6c(c5)C(c5ccccc5)(c5ccccc5)c5ccccc5-6)cc4)ccc32)cc1. The average Bonchev–Trinajstić information content (AvgIpc) is 4.25. The van der Waals surface area contributed by atoms with Gasteiger partial charge in [0.1, 0.15) is 11.2 Å². The number of anilines is 3. The van der Waals surface area contributed by atoms with Crippen LogP contribution in [0.25, 0.3) is 66.4 Å². The van der Waals surface area contributed by atoms with Gasteiger partial charge in [-0.25, -0.2) is 0 Å². The first-order valence-corrected chi connectivity index (χ1v) is 26.3. The second kappa shape index (κ2) is 17.4. The first-order valence-electron chi connectivity index (χ1n) is 26.3. The Morgan fingerprint density at radius 3 is 1.20 bits per heavy atom. The third kappa shape index (κ3) is 6.54. The van der Waals surface area contributed by atoms with Crippen molar-refractivity contribution in [2.75, 3.05) is 4.90 Å². The van der Waals surface area contributed by atoms with Gasteiger partial charge < -0.3 is 9.32 Å². The Hall–Kier alpha value is -9.76. The molecule has 0 fully saturated rings. The summed E-state index contributed by atoms with van der Waals surface area (Å²) in [7, 11) is 0. The molecule has 1 aromatic heterocycles. The molecule has 2 aliphatic carbocycles. The zero-order valence-electron chi connectivity index (χ0n) is 41.6. The Balaban J connectivity index is 0.879. The Morgan fingerprint density at radius 2 is 0.632 bits per heavy atom. The second-order valence-electron chi connectivity index (χ2n) is 20.3. The molecule has 2 heteroatoms. The molecular formula is C74H49NO. The maximum absolute atomic E-state index is 6.22. The highest BCUT2D eigenvalue weighted by molar-refractivity contribution is 6.06. The van der Waals surface area contributed by atoms with Crippen molar-refractivity contribution in [3.63, 3.8) is 0 Å². The van der Waals surface area contributed by atoms with Gasteiger partial charge >= 0.3 is 0 Å². The minimum Gasteiger partial charge on any atom is -0.456 e. The van der Waals surface area contributed by atoms with E-state index in [1.807, 2.05) is 12.1 Å². The van der Waals surface area contributed by atoms with Crippen LogP contribution in [0.1, 0.15) is 44.5 Å². The maximum Gasteiger partial charge on any atom is 0.135 e. The van der Waals surface area contributed by atoms with E-state index in [2.05, 4.69) is 290 Å². The van der Waals surface area contributed by atoms with Crippen molar-refractivity contribution in [1.29, 1.82) is 0 Å². The second-order valence-corrected chi connectivity index (χ2v) is 20.3. The van der Waals surface area contributed by atoms with E-state index in [1.54, 1.807) is 0 Å². The van der Waals surface area contributed by atoms with Gasteiger partial charge in [0.2, 0.25) is 0 Å². The van der Waals surface area contributed by atoms with Gasteiger partial charge in [0.05, 0.1) is 10.8 Å². The molecule has 13 aromatic rings. The molecule has 0 aliphatic heterocycles. The number of hydrogen-bond acceptors (Lipinski definition) is 2. The van der Waals surface area contributed by atoms with Gasteiger partial charge in [0.25, 0.3) is 0 Å². The summed E-state index contributed by atoms with van der Waals surface area (Å²) in [6.45, 7) is 0. The molecule has 15 rings (SSSR count). The standard InChI is InChI=1S/C74H49NO/c1-5-19-54(20-6-1)73(55-21-7-2-8-22-55)68-31-17-14-28-62(68)65-47-52(37-45-69(65)73)50-33-39-58(40-34-50)75(59-41-35-51(36-42-59)53-38-46-72-66(48-53)64-29-15-18-32-71(64)76-72)60-43-44-63-61-27-13-16-30-67(61)74(70(63)49-60,56-23-9-3-10-24-56)57-25-11-4-12-26-57/h1-49H. The van der Waals surface area contributed by atoms with E-state index in [-0.39, 0.29) is 0 Å².